The molecule has 2 aliphatic heterocycles. The summed E-state index contributed by atoms with van der Waals surface area (Å²) in [5, 5.41) is 1.50. The molecule has 7 heteroatoms. The smallest absolute Gasteiger partial charge is 0.263 e. The molecule has 0 radical (unpaired) electrons. The SMILES string of the molecule is CCCc1nc2ccccc2c2c1C(=O)N(C1CCN(Cc3ccccc3Sc3ccc(Cl)cc3)C1)C2=O. The van der Waals surface area contributed by atoms with E-state index >= 15 is 0 Å². The number of halogens is 1. The minimum absolute atomic E-state index is 0.147. The Hall–Kier alpha value is -3.19. The zero-order valence-corrected chi connectivity index (χ0v) is 22.8. The van der Waals surface area contributed by atoms with Crippen molar-refractivity contribution in [2.75, 3.05) is 13.1 Å². The Kier molecular flexibility index (Phi) is 6.95. The first-order valence-electron chi connectivity index (χ1n) is 13.1. The maximum atomic E-state index is 13.8. The van der Waals surface area contributed by atoms with Gasteiger partial charge in [0.2, 0.25) is 0 Å². The highest BCUT2D eigenvalue weighted by Gasteiger charge is 2.44. The lowest BCUT2D eigenvalue weighted by molar-refractivity contribution is 0.0588. The van der Waals surface area contributed by atoms with E-state index in [-0.39, 0.29) is 17.9 Å². The number of likely N-dealkylation sites (tertiary alicyclic amines) is 1. The maximum absolute atomic E-state index is 13.8. The molecule has 38 heavy (non-hydrogen) atoms. The van der Waals surface area contributed by atoms with Crippen LogP contribution in [-0.4, -0.2) is 45.7 Å². The minimum atomic E-state index is -0.183. The van der Waals surface area contributed by atoms with E-state index in [1.165, 1.54) is 15.4 Å². The maximum Gasteiger partial charge on any atom is 0.263 e. The molecule has 1 fully saturated rings. The number of amides is 2. The lowest BCUT2D eigenvalue weighted by atomic mass is 10.0. The van der Waals surface area contributed by atoms with Crippen LogP contribution in [0.1, 0.15) is 51.7 Å². The van der Waals surface area contributed by atoms with Crippen LogP contribution in [0.5, 0.6) is 0 Å². The van der Waals surface area contributed by atoms with Crippen molar-refractivity contribution in [1.29, 1.82) is 0 Å². The molecule has 1 saturated heterocycles. The standard InChI is InChI=1S/C31H28ClN3O2S/c1-2-7-26-29-28(24-9-4-5-10-25(24)33-26)30(36)35(31(29)37)22-16-17-34(19-22)18-20-8-3-6-11-27(20)38-23-14-12-21(32)13-15-23/h3-6,8-15,22H,2,7,16-19H2,1H3. The van der Waals surface area contributed by atoms with Gasteiger partial charge in [-0.15, -0.1) is 0 Å². The van der Waals surface area contributed by atoms with Crippen molar-refractivity contribution >= 4 is 46.1 Å². The fraction of sp³-hybridized carbons (Fsp3) is 0.258. The van der Waals surface area contributed by atoms with Crippen LogP contribution in [0.3, 0.4) is 0 Å². The molecule has 0 spiro atoms. The molecular weight excluding hydrogens is 514 g/mol. The highest BCUT2D eigenvalue weighted by atomic mass is 35.5. The molecule has 0 bridgehead atoms. The van der Waals surface area contributed by atoms with E-state index in [0.717, 1.165) is 52.4 Å². The monoisotopic (exact) mass is 541 g/mol. The summed E-state index contributed by atoms with van der Waals surface area (Å²) < 4.78 is 0. The molecule has 5 nitrogen and oxygen atoms in total. The number of pyridine rings is 1. The first kappa shape index (κ1) is 25.1. The summed E-state index contributed by atoms with van der Waals surface area (Å²) in [4.78, 5) is 38.4. The van der Waals surface area contributed by atoms with Gasteiger partial charge in [-0.3, -0.25) is 24.4 Å². The van der Waals surface area contributed by atoms with Gasteiger partial charge in [0.1, 0.15) is 0 Å². The highest BCUT2D eigenvalue weighted by Crippen LogP contribution is 2.36. The normalized spacial score (nSPS) is 17.5. The second-order valence-electron chi connectivity index (χ2n) is 9.90. The molecule has 1 aromatic heterocycles. The topological polar surface area (TPSA) is 53.5 Å². The molecule has 0 N–H and O–H groups in total. The first-order chi connectivity index (χ1) is 18.5. The van der Waals surface area contributed by atoms with Gasteiger partial charge >= 0.3 is 0 Å². The Balaban J connectivity index is 1.22. The van der Waals surface area contributed by atoms with Crippen LogP contribution in [0.2, 0.25) is 5.02 Å². The van der Waals surface area contributed by atoms with Gasteiger partial charge in [-0.25, -0.2) is 0 Å². The van der Waals surface area contributed by atoms with Gasteiger partial charge in [-0.1, -0.05) is 73.1 Å². The van der Waals surface area contributed by atoms with Crippen LogP contribution in [0.4, 0.5) is 0 Å². The number of carbonyl (C=O) groups excluding carboxylic acids is 2. The summed E-state index contributed by atoms with van der Waals surface area (Å²) in [7, 11) is 0. The molecule has 4 aromatic rings. The average Bonchev–Trinajstić information content (AvgIpc) is 3.48. The van der Waals surface area contributed by atoms with Crippen molar-refractivity contribution in [3.63, 3.8) is 0 Å². The predicted molar refractivity (Wildman–Crippen MR) is 152 cm³/mol. The molecule has 0 saturated carbocycles. The van der Waals surface area contributed by atoms with E-state index in [9.17, 15) is 9.59 Å². The van der Waals surface area contributed by atoms with Crippen LogP contribution >= 0.6 is 23.4 Å². The molecule has 3 heterocycles. The lowest BCUT2D eigenvalue weighted by Crippen LogP contribution is -2.41. The van der Waals surface area contributed by atoms with Gasteiger partial charge in [-0.05, 0) is 54.8 Å². The molecule has 3 aromatic carbocycles. The van der Waals surface area contributed by atoms with Crippen molar-refractivity contribution in [3.8, 4) is 0 Å². The highest BCUT2D eigenvalue weighted by molar-refractivity contribution is 7.99. The van der Waals surface area contributed by atoms with Crippen LogP contribution in [0.25, 0.3) is 10.9 Å². The molecule has 2 amide bonds. The number of para-hydroxylation sites is 1. The van der Waals surface area contributed by atoms with E-state index in [4.69, 9.17) is 16.6 Å². The number of nitrogens with zero attached hydrogens (tertiary/aromatic N) is 3. The number of fused-ring (bicyclic) bond motifs is 3. The molecular formula is C31H28ClN3O2S. The van der Waals surface area contributed by atoms with Crippen molar-refractivity contribution < 1.29 is 9.59 Å². The quantitative estimate of drug-likeness (QED) is 0.239. The Bertz CT molecular complexity index is 1540. The zero-order valence-electron chi connectivity index (χ0n) is 21.2. The molecule has 192 valence electrons. The summed E-state index contributed by atoms with van der Waals surface area (Å²) in [5.41, 5.74) is 3.80. The van der Waals surface area contributed by atoms with E-state index in [1.807, 2.05) is 48.5 Å². The van der Waals surface area contributed by atoms with Crippen molar-refractivity contribution in [2.45, 2.75) is 48.6 Å². The molecule has 1 unspecified atom stereocenters. The van der Waals surface area contributed by atoms with Crippen LogP contribution in [0, 0.1) is 0 Å². The number of aromatic nitrogens is 1. The Morgan fingerprint density at radius 1 is 0.947 bits per heavy atom. The van der Waals surface area contributed by atoms with Crippen molar-refractivity contribution in [3.05, 3.63) is 100 Å². The Labute approximate surface area is 231 Å². The fourth-order valence-electron chi connectivity index (χ4n) is 5.57. The Morgan fingerprint density at radius 3 is 2.50 bits per heavy atom. The summed E-state index contributed by atoms with van der Waals surface area (Å²) in [6, 6.07) is 23.8. The van der Waals surface area contributed by atoms with Gasteiger partial charge < -0.3 is 0 Å². The number of hydrogen-bond acceptors (Lipinski definition) is 5. The van der Waals surface area contributed by atoms with Gasteiger partial charge in [0, 0.05) is 39.8 Å². The average molecular weight is 542 g/mol. The molecule has 1 atom stereocenters. The van der Waals surface area contributed by atoms with Gasteiger partial charge in [0.25, 0.3) is 11.8 Å². The van der Waals surface area contributed by atoms with Gasteiger partial charge in [0.15, 0.2) is 0 Å². The van der Waals surface area contributed by atoms with E-state index in [0.29, 0.717) is 24.1 Å². The summed E-state index contributed by atoms with van der Waals surface area (Å²) >= 11 is 7.78. The van der Waals surface area contributed by atoms with Crippen LogP contribution < -0.4 is 0 Å². The second-order valence-corrected chi connectivity index (χ2v) is 11.4. The third-order valence-corrected chi connectivity index (χ3v) is 8.72. The van der Waals surface area contributed by atoms with Crippen molar-refractivity contribution in [1.82, 2.24) is 14.8 Å². The van der Waals surface area contributed by atoms with Crippen LogP contribution in [0.15, 0.2) is 82.6 Å². The second kappa shape index (κ2) is 10.5. The van der Waals surface area contributed by atoms with Crippen LogP contribution in [-0.2, 0) is 13.0 Å². The number of rotatable bonds is 7. The largest absolute Gasteiger partial charge is 0.297 e. The summed E-state index contributed by atoms with van der Waals surface area (Å²) in [6.45, 7) is 4.33. The molecule has 6 rings (SSSR count). The number of imide groups is 1. The Morgan fingerprint density at radius 2 is 1.68 bits per heavy atom. The summed E-state index contributed by atoms with van der Waals surface area (Å²) in [5.74, 6) is -0.358. The molecule has 2 aliphatic rings. The van der Waals surface area contributed by atoms with E-state index in [2.05, 4.69) is 36.1 Å². The minimum Gasteiger partial charge on any atom is -0.297 e. The number of aryl methyl sites for hydroxylation is 1. The molecule has 0 aliphatic carbocycles. The number of hydrogen-bond donors (Lipinski definition) is 0. The third-order valence-electron chi connectivity index (χ3n) is 7.34. The fourth-order valence-corrected chi connectivity index (χ4v) is 6.63. The van der Waals surface area contributed by atoms with Gasteiger partial charge in [0.05, 0.1) is 28.4 Å². The van der Waals surface area contributed by atoms with Crippen molar-refractivity contribution in [2.24, 2.45) is 0 Å². The predicted octanol–water partition coefficient (Wildman–Crippen LogP) is 6.86. The van der Waals surface area contributed by atoms with E-state index < -0.39 is 0 Å². The van der Waals surface area contributed by atoms with Gasteiger partial charge in [-0.2, -0.15) is 0 Å². The third kappa shape index (κ3) is 4.62. The number of carbonyl (C=O) groups is 2. The zero-order chi connectivity index (χ0) is 26.2. The number of benzene rings is 3. The van der Waals surface area contributed by atoms with E-state index in [1.54, 1.807) is 11.8 Å². The first-order valence-corrected chi connectivity index (χ1v) is 14.3. The lowest BCUT2D eigenvalue weighted by Gasteiger charge is -2.23. The summed E-state index contributed by atoms with van der Waals surface area (Å²) in [6.07, 6.45) is 2.31.